The molecule has 0 aromatic rings. The molecule has 0 amide bonds. The second-order valence-corrected chi connectivity index (χ2v) is 4.42. The molecule has 15 heavy (non-hydrogen) atoms. The third-order valence-corrected chi connectivity index (χ3v) is 2.69. The average Bonchev–Trinajstić information content (AvgIpc) is 2.20. The fourth-order valence-corrected chi connectivity index (χ4v) is 1.73. The number of aliphatic hydroxyl groups is 1. The summed E-state index contributed by atoms with van der Waals surface area (Å²) < 4.78 is 0. The molecular formula is C12H28N2O. The fourth-order valence-electron chi connectivity index (χ4n) is 1.73. The van der Waals surface area contributed by atoms with Crippen LogP contribution in [0.5, 0.6) is 0 Å². The van der Waals surface area contributed by atoms with E-state index < -0.39 is 0 Å². The maximum Gasteiger partial charge on any atom is 0.0512 e. The predicted octanol–water partition coefficient (Wildman–Crippen LogP) is 2.34. The molecule has 0 aliphatic heterocycles. The van der Waals surface area contributed by atoms with Crippen LogP contribution in [0.15, 0.2) is 0 Å². The normalized spacial score (nSPS) is 13.0. The van der Waals surface area contributed by atoms with Crippen molar-refractivity contribution in [1.82, 2.24) is 5.43 Å². The van der Waals surface area contributed by atoms with Gasteiger partial charge in [0.25, 0.3) is 0 Å². The van der Waals surface area contributed by atoms with Crippen molar-refractivity contribution in [2.24, 2.45) is 5.84 Å². The molecule has 3 nitrogen and oxygen atoms in total. The Kier molecular flexibility index (Phi) is 11.9. The van der Waals surface area contributed by atoms with Crippen LogP contribution in [0.25, 0.3) is 0 Å². The van der Waals surface area contributed by atoms with Gasteiger partial charge in [-0.3, -0.25) is 11.3 Å². The molecule has 0 fully saturated rings. The number of hydrogen-bond acceptors (Lipinski definition) is 3. The number of rotatable bonds is 11. The summed E-state index contributed by atoms with van der Waals surface area (Å²) in [6, 6.07) is 0. The van der Waals surface area contributed by atoms with Crippen LogP contribution in [0.4, 0.5) is 0 Å². The molecule has 92 valence electrons. The summed E-state index contributed by atoms with van der Waals surface area (Å²) in [5.41, 5.74) is 2.67. The Morgan fingerprint density at radius 2 is 1.40 bits per heavy atom. The Morgan fingerprint density at radius 3 is 1.87 bits per heavy atom. The standard InChI is InChI=1S/C12H28N2O/c1-12(15)10-8-6-4-2-3-5-7-9-11-14-13/h12,14-15H,2-11,13H2,1H3. The minimum atomic E-state index is -0.117. The van der Waals surface area contributed by atoms with Crippen LogP contribution in [0.1, 0.15) is 64.7 Å². The summed E-state index contributed by atoms with van der Waals surface area (Å²) in [7, 11) is 0. The van der Waals surface area contributed by atoms with Crippen LogP contribution in [-0.2, 0) is 0 Å². The van der Waals surface area contributed by atoms with Crippen molar-refractivity contribution >= 4 is 0 Å². The van der Waals surface area contributed by atoms with Crippen molar-refractivity contribution in [3.8, 4) is 0 Å². The number of nitrogens with one attached hydrogen (secondary N) is 1. The molecule has 4 N–H and O–H groups in total. The zero-order valence-electron chi connectivity index (χ0n) is 10.2. The fraction of sp³-hybridized carbons (Fsp3) is 1.00. The first kappa shape index (κ1) is 14.9. The number of hydrogen-bond donors (Lipinski definition) is 3. The van der Waals surface area contributed by atoms with E-state index >= 15 is 0 Å². The minimum Gasteiger partial charge on any atom is -0.393 e. The third-order valence-electron chi connectivity index (χ3n) is 2.69. The summed E-state index contributed by atoms with van der Waals surface area (Å²) in [5.74, 6) is 5.18. The van der Waals surface area contributed by atoms with Gasteiger partial charge in [-0.05, 0) is 19.8 Å². The molecule has 0 saturated heterocycles. The molecule has 0 heterocycles. The molecule has 0 aliphatic carbocycles. The average molecular weight is 216 g/mol. The predicted molar refractivity (Wildman–Crippen MR) is 65.4 cm³/mol. The molecule has 0 saturated carbocycles. The van der Waals surface area contributed by atoms with Gasteiger partial charge < -0.3 is 5.11 Å². The lowest BCUT2D eigenvalue weighted by molar-refractivity contribution is 0.180. The van der Waals surface area contributed by atoms with Crippen LogP contribution in [0.2, 0.25) is 0 Å². The van der Waals surface area contributed by atoms with Crippen LogP contribution in [0, 0.1) is 0 Å². The summed E-state index contributed by atoms with van der Waals surface area (Å²) >= 11 is 0. The van der Waals surface area contributed by atoms with Crippen molar-refractivity contribution in [2.45, 2.75) is 70.8 Å². The minimum absolute atomic E-state index is 0.117. The highest BCUT2D eigenvalue weighted by Gasteiger charge is 1.95. The zero-order chi connectivity index (χ0) is 11.4. The van der Waals surface area contributed by atoms with Gasteiger partial charge in [0.1, 0.15) is 0 Å². The largest absolute Gasteiger partial charge is 0.393 e. The summed E-state index contributed by atoms with van der Waals surface area (Å²) in [6.45, 7) is 2.81. The number of aliphatic hydroxyl groups excluding tert-OH is 1. The van der Waals surface area contributed by atoms with Gasteiger partial charge in [-0.1, -0.05) is 44.9 Å². The van der Waals surface area contributed by atoms with E-state index in [-0.39, 0.29) is 6.10 Å². The van der Waals surface area contributed by atoms with Gasteiger partial charge in [-0.2, -0.15) is 0 Å². The Balaban J connectivity index is 2.87. The van der Waals surface area contributed by atoms with E-state index in [4.69, 9.17) is 10.9 Å². The molecule has 0 spiro atoms. The second kappa shape index (κ2) is 12.0. The van der Waals surface area contributed by atoms with Crippen LogP contribution in [0.3, 0.4) is 0 Å². The highest BCUT2D eigenvalue weighted by molar-refractivity contribution is 4.50. The molecular weight excluding hydrogens is 188 g/mol. The smallest absolute Gasteiger partial charge is 0.0512 e. The van der Waals surface area contributed by atoms with Crippen LogP contribution in [-0.4, -0.2) is 17.8 Å². The molecule has 0 bridgehead atoms. The summed E-state index contributed by atoms with van der Waals surface area (Å²) in [6.07, 6.45) is 11.1. The molecule has 1 atom stereocenters. The molecule has 0 radical (unpaired) electrons. The quantitative estimate of drug-likeness (QED) is 0.282. The SMILES string of the molecule is CC(O)CCCCCCCCCCNN. The molecule has 0 aliphatic rings. The van der Waals surface area contributed by atoms with Gasteiger partial charge in [-0.15, -0.1) is 0 Å². The van der Waals surface area contributed by atoms with Crippen LogP contribution < -0.4 is 11.3 Å². The third kappa shape index (κ3) is 13.9. The molecule has 0 aromatic heterocycles. The second-order valence-electron chi connectivity index (χ2n) is 4.42. The molecule has 0 aromatic carbocycles. The molecule has 1 unspecified atom stereocenters. The van der Waals surface area contributed by atoms with E-state index in [0.717, 1.165) is 13.0 Å². The van der Waals surface area contributed by atoms with Crippen molar-refractivity contribution < 1.29 is 5.11 Å². The first-order chi connectivity index (χ1) is 7.27. The number of unbranched alkanes of at least 4 members (excludes halogenated alkanes) is 7. The Hall–Kier alpha value is -0.120. The van der Waals surface area contributed by atoms with E-state index in [0.29, 0.717) is 0 Å². The highest BCUT2D eigenvalue weighted by Crippen LogP contribution is 2.10. The first-order valence-corrected chi connectivity index (χ1v) is 6.39. The van der Waals surface area contributed by atoms with Crippen molar-refractivity contribution in [2.75, 3.05) is 6.54 Å². The lowest BCUT2D eigenvalue weighted by Gasteiger charge is -2.04. The Labute approximate surface area is 94.4 Å². The lowest BCUT2D eigenvalue weighted by Crippen LogP contribution is -2.22. The topological polar surface area (TPSA) is 58.3 Å². The van der Waals surface area contributed by atoms with Crippen molar-refractivity contribution in [3.63, 3.8) is 0 Å². The first-order valence-electron chi connectivity index (χ1n) is 6.39. The Morgan fingerprint density at radius 1 is 0.933 bits per heavy atom. The lowest BCUT2D eigenvalue weighted by atomic mass is 10.1. The monoisotopic (exact) mass is 216 g/mol. The maximum atomic E-state index is 9.06. The van der Waals surface area contributed by atoms with Gasteiger partial charge in [-0.25, -0.2) is 0 Å². The van der Waals surface area contributed by atoms with E-state index in [1.807, 2.05) is 6.92 Å². The Bertz CT molecular complexity index is 118. The highest BCUT2D eigenvalue weighted by atomic mass is 16.3. The molecule has 3 heteroatoms. The zero-order valence-corrected chi connectivity index (χ0v) is 10.2. The van der Waals surface area contributed by atoms with E-state index in [1.54, 1.807) is 0 Å². The summed E-state index contributed by atoms with van der Waals surface area (Å²) in [4.78, 5) is 0. The number of hydrazine groups is 1. The summed E-state index contributed by atoms with van der Waals surface area (Å²) in [5, 5.41) is 9.06. The van der Waals surface area contributed by atoms with Crippen LogP contribution >= 0.6 is 0 Å². The van der Waals surface area contributed by atoms with E-state index in [2.05, 4.69) is 5.43 Å². The van der Waals surface area contributed by atoms with Gasteiger partial charge in [0.2, 0.25) is 0 Å². The van der Waals surface area contributed by atoms with Crippen molar-refractivity contribution in [1.29, 1.82) is 0 Å². The van der Waals surface area contributed by atoms with Gasteiger partial charge in [0.15, 0.2) is 0 Å². The van der Waals surface area contributed by atoms with E-state index in [1.165, 1.54) is 51.4 Å². The molecule has 0 rings (SSSR count). The van der Waals surface area contributed by atoms with Gasteiger partial charge in [0.05, 0.1) is 6.10 Å². The maximum absolute atomic E-state index is 9.06. The van der Waals surface area contributed by atoms with Gasteiger partial charge in [0, 0.05) is 6.54 Å². The van der Waals surface area contributed by atoms with Crippen molar-refractivity contribution in [3.05, 3.63) is 0 Å². The van der Waals surface area contributed by atoms with Gasteiger partial charge >= 0.3 is 0 Å². The van der Waals surface area contributed by atoms with E-state index in [9.17, 15) is 0 Å². The number of nitrogens with two attached hydrogens (primary N) is 1.